The van der Waals surface area contributed by atoms with Crippen LogP contribution in [0.15, 0.2) is 36.4 Å². The molecule has 8 heteroatoms. The molecular weight excluding hydrogens is 398 g/mol. The van der Waals surface area contributed by atoms with Crippen molar-refractivity contribution in [2.45, 2.75) is 19.4 Å². The number of benzene rings is 1. The first-order chi connectivity index (χ1) is 14.5. The van der Waals surface area contributed by atoms with Crippen LogP contribution in [0.3, 0.4) is 0 Å². The van der Waals surface area contributed by atoms with Crippen molar-refractivity contribution in [3.8, 4) is 0 Å². The Morgan fingerprint density at radius 1 is 1.27 bits per heavy atom. The van der Waals surface area contributed by atoms with Crippen molar-refractivity contribution in [2.24, 2.45) is 0 Å². The van der Waals surface area contributed by atoms with Gasteiger partial charge >= 0.3 is 0 Å². The van der Waals surface area contributed by atoms with E-state index in [2.05, 4.69) is 44.8 Å². The fraction of sp³-hybridized carbons (Fsp3) is 0.364. The summed E-state index contributed by atoms with van der Waals surface area (Å²) in [5.74, 6) is -0.188. The summed E-state index contributed by atoms with van der Waals surface area (Å²) in [5.41, 5.74) is 9.61. The zero-order valence-electron chi connectivity index (χ0n) is 17.0. The van der Waals surface area contributed by atoms with E-state index in [1.807, 2.05) is 6.07 Å². The number of aliphatic hydroxyl groups excluding tert-OH is 1. The molecule has 1 aliphatic heterocycles. The number of aliphatic hydroxyl groups is 1. The van der Waals surface area contributed by atoms with Crippen LogP contribution in [0.5, 0.6) is 0 Å². The molecule has 2 aromatic heterocycles. The molecule has 0 bridgehead atoms. The number of thiophene rings is 1. The van der Waals surface area contributed by atoms with Crippen LogP contribution in [0, 0.1) is 0 Å². The van der Waals surface area contributed by atoms with Gasteiger partial charge in [-0.05, 0) is 43.2 Å². The molecule has 1 fully saturated rings. The summed E-state index contributed by atoms with van der Waals surface area (Å²) in [6.07, 6.45) is 0.0935. The van der Waals surface area contributed by atoms with Crippen LogP contribution in [0.4, 0.5) is 11.4 Å². The number of anilines is 2. The molecule has 1 saturated heterocycles. The molecule has 1 amide bonds. The maximum atomic E-state index is 12.6. The van der Waals surface area contributed by atoms with E-state index < -0.39 is 6.10 Å². The average Bonchev–Trinajstić information content (AvgIpc) is 3.11. The van der Waals surface area contributed by atoms with Crippen LogP contribution in [0.2, 0.25) is 0 Å². The SMILES string of the molecule is C[C@@H](O)c1ccc2c(N)c(C(=O)NCCc3ccc(N4CCNCC4)cc3)sc2n1. The summed E-state index contributed by atoms with van der Waals surface area (Å²) in [4.78, 5) is 20.6. The van der Waals surface area contributed by atoms with E-state index in [9.17, 15) is 9.90 Å². The monoisotopic (exact) mass is 425 g/mol. The second kappa shape index (κ2) is 8.99. The minimum atomic E-state index is -0.659. The van der Waals surface area contributed by atoms with E-state index in [4.69, 9.17) is 5.73 Å². The normalized spacial score (nSPS) is 15.3. The van der Waals surface area contributed by atoms with Gasteiger partial charge in [0.2, 0.25) is 0 Å². The van der Waals surface area contributed by atoms with Gasteiger partial charge in [0.25, 0.3) is 5.91 Å². The number of carbonyl (C=O) groups is 1. The Labute approximate surface area is 179 Å². The highest BCUT2D eigenvalue weighted by Gasteiger charge is 2.18. The van der Waals surface area contributed by atoms with Crippen molar-refractivity contribution in [3.05, 3.63) is 52.5 Å². The lowest BCUT2D eigenvalue weighted by Crippen LogP contribution is -2.43. The summed E-state index contributed by atoms with van der Waals surface area (Å²) >= 11 is 1.26. The minimum Gasteiger partial charge on any atom is -0.397 e. The van der Waals surface area contributed by atoms with Crippen molar-refractivity contribution >= 4 is 38.8 Å². The van der Waals surface area contributed by atoms with Gasteiger partial charge in [-0.15, -0.1) is 11.3 Å². The fourth-order valence-corrected chi connectivity index (χ4v) is 4.63. The van der Waals surface area contributed by atoms with E-state index in [0.717, 1.165) is 38.0 Å². The van der Waals surface area contributed by atoms with E-state index in [1.54, 1.807) is 13.0 Å². The first-order valence-electron chi connectivity index (χ1n) is 10.2. The quantitative estimate of drug-likeness (QED) is 0.483. The molecule has 158 valence electrons. The lowest BCUT2D eigenvalue weighted by molar-refractivity contribution is 0.0959. The molecule has 1 aromatic carbocycles. The number of nitrogens with two attached hydrogens (primary N) is 1. The highest BCUT2D eigenvalue weighted by molar-refractivity contribution is 7.21. The number of piperazine rings is 1. The Morgan fingerprint density at radius 2 is 2.00 bits per heavy atom. The van der Waals surface area contributed by atoms with Crippen molar-refractivity contribution < 1.29 is 9.90 Å². The van der Waals surface area contributed by atoms with Crippen molar-refractivity contribution in [2.75, 3.05) is 43.4 Å². The number of nitrogens with one attached hydrogen (secondary N) is 2. The van der Waals surface area contributed by atoms with Gasteiger partial charge in [0.1, 0.15) is 9.71 Å². The van der Waals surface area contributed by atoms with Gasteiger partial charge in [-0.1, -0.05) is 12.1 Å². The van der Waals surface area contributed by atoms with E-state index >= 15 is 0 Å². The molecule has 1 atom stereocenters. The molecule has 0 spiro atoms. The number of nitrogens with zero attached hydrogens (tertiary/aromatic N) is 2. The summed E-state index contributed by atoms with van der Waals surface area (Å²) in [6.45, 7) is 6.29. The third kappa shape index (κ3) is 4.40. The van der Waals surface area contributed by atoms with Gasteiger partial charge in [0, 0.05) is 43.8 Å². The van der Waals surface area contributed by atoms with Crippen LogP contribution < -0.4 is 21.3 Å². The van der Waals surface area contributed by atoms with Gasteiger partial charge in [-0.3, -0.25) is 4.79 Å². The number of hydrogen-bond donors (Lipinski definition) is 4. The Hall–Kier alpha value is -2.68. The number of amides is 1. The molecule has 1 aliphatic rings. The first kappa shape index (κ1) is 20.6. The van der Waals surface area contributed by atoms with Crippen LogP contribution in [-0.2, 0) is 6.42 Å². The number of hydrogen-bond acceptors (Lipinski definition) is 7. The van der Waals surface area contributed by atoms with Gasteiger partial charge in [-0.2, -0.15) is 0 Å². The van der Waals surface area contributed by atoms with Gasteiger partial charge in [0.05, 0.1) is 17.5 Å². The maximum Gasteiger partial charge on any atom is 0.263 e. The van der Waals surface area contributed by atoms with E-state index in [0.29, 0.717) is 27.6 Å². The van der Waals surface area contributed by atoms with Crippen molar-refractivity contribution in [1.29, 1.82) is 0 Å². The first-order valence-corrected chi connectivity index (χ1v) is 11.0. The average molecular weight is 426 g/mol. The largest absolute Gasteiger partial charge is 0.397 e. The highest BCUT2D eigenvalue weighted by Crippen LogP contribution is 2.33. The second-order valence-electron chi connectivity index (χ2n) is 7.52. The lowest BCUT2D eigenvalue weighted by atomic mass is 10.1. The van der Waals surface area contributed by atoms with Crippen LogP contribution in [-0.4, -0.2) is 48.7 Å². The molecule has 4 rings (SSSR count). The molecule has 5 N–H and O–H groups in total. The molecule has 3 aromatic rings. The topological polar surface area (TPSA) is 104 Å². The predicted octanol–water partition coefficient (Wildman–Crippen LogP) is 2.31. The molecular formula is C22H27N5O2S. The number of fused-ring (bicyclic) bond motifs is 1. The summed E-state index contributed by atoms with van der Waals surface area (Å²) in [6, 6.07) is 12.1. The maximum absolute atomic E-state index is 12.6. The molecule has 30 heavy (non-hydrogen) atoms. The Morgan fingerprint density at radius 3 is 2.70 bits per heavy atom. The standard InChI is InChI=1S/C22H27N5O2S/c1-14(28)18-7-6-17-19(23)20(30-22(17)26-18)21(29)25-9-8-15-2-4-16(5-3-15)27-12-10-24-11-13-27/h2-7,14,24,28H,8-13,23H2,1H3,(H,25,29)/t14-/m1/s1. The van der Waals surface area contributed by atoms with E-state index in [1.165, 1.54) is 22.6 Å². The van der Waals surface area contributed by atoms with E-state index in [-0.39, 0.29) is 5.91 Å². The van der Waals surface area contributed by atoms with Crippen LogP contribution in [0.25, 0.3) is 10.2 Å². The van der Waals surface area contributed by atoms with Crippen molar-refractivity contribution in [1.82, 2.24) is 15.6 Å². The lowest BCUT2D eigenvalue weighted by Gasteiger charge is -2.29. The third-order valence-corrected chi connectivity index (χ3v) is 6.48. The summed E-state index contributed by atoms with van der Waals surface area (Å²) < 4.78 is 0. The summed E-state index contributed by atoms with van der Waals surface area (Å²) in [5, 5.41) is 16.8. The molecule has 0 saturated carbocycles. The minimum absolute atomic E-state index is 0.188. The smallest absolute Gasteiger partial charge is 0.263 e. The predicted molar refractivity (Wildman–Crippen MR) is 122 cm³/mol. The Balaban J connectivity index is 1.36. The van der Waals surface area contributed by atoms with Gasteiger partial charge < -0.3 is 26.4 Å². The molecule has 0 aliphatic carbocycles. The Kier molecular flexibility index (Phi) is 6.17. The molecule has 0 radical (unpaired) electrons. The number of aromatic nitrogens is 1. The van der Waals surface area contributed by atoms with Gasteiger partial charge in [0.15, 0.2) is 0 Å². The Bertz CT molecular complexity index is 1030. The fourth-order valence-electron chi connectivity index (χ4n) is 3.61. The van der Waals surface area contributed by atoms with Crippen molar-refractivity contribution in [3.63, 3.8) is 0 Å². The van der Waals surface area contributed by atoms with Gasteiger partial charge in [-0.25, -0.2) is 4.98 Å². The zero-order valence-corrected chi connectivity index (χ0v) is 17.8. The van der Waals surface area contributed by atoms with Crippen LogP contribution in [0.1, 0.15) is 34.0 Å². The molecule has 7 nitrogen and oxygen atoms in total. The molecule has 0 unspecified atom stereocenters. The zero-order chi connectivity index (χ0) is 21.1. The second-order valence-corrected chi connectivity index (χ2v) is 8.52. The number of rotatable bonds is 6. The summed E-state index contributed by atoms with van der Waals surface area (Å²) in [7, 11) is 0. The van der Waals surface area contributed by atoms with Crippen LogP contribution >= 0.6 is 11.3 Å². The number of pyridine rings is 1. The molecule has 3 heterocycles. The highest BCUT2D eigenvalue weighted by atomic mass is 32.1. The third-order valence-electron chi connectivity index (χ3n) is 5.37. The number of nitrogen functional groups attached to an aromatic ring is 1. The number of carbonyl (C=O) groups excluding carboxylic acids is 1.